The van der Waals surface area contributed by atoms with Crippen LogP contribution < -0.4 is 14.8 Å². The maximum Gasteiger partial charge on any atom is 0.422 e. The molecule has 0 radical (unpaired) electrons. The zero-order valence-electron chi connectivity index (χ0n) is 13.8. The number of aliphatic carboxylic acids is 1. The van der Waals surface area contributed by atoms with Crippen molar-refractivity contribution in [1.82, 2.24) is 20.3 Å². The Bertz CT molecular complexity index is 794. The summed E-state index contributed by atoms with van der Waals surface area (Å²) < 4.78 is 47.7. The number of benzene rings is 1. The van der Waals surface area contributed by atoms with Gasteiger partial charge in [0.25, 0.3) is 5.91 Å². The minimum atomic E-state index is -4.50. The number of para-hydroxylation sites is 2. The molecule has 1 amide bonds. The Morgan fingerprint density at radius 3 is 2.48 bits per heavy atom. The smallest absolute Gasteiger partial charge is 0.422 e. The van der Waals surface area contributed by atoms with Crippen molar-refractivity contribution in [2.45, 2.75) is 19.3 Å². The Morgan fingerprint density at radius 1 is 1.19 bits per heavy atom. The molecular formula is C15H15F3N4O5. The number of halogens is 3. The standard InChI is InChI=1S/C15H15F3N4O5/c16-15(17,18)9-27-12-4-2-1-3-11(12)26-8-13(23)19-5-10-6-22(21-20-10)7-14(24)25/h1-4,6H,5,7-9H2,(H,19,23)(H,24,25). The van der Waals surface area contributed by atoms with Gasteiger partial charge in [-0.3, -0.25) is 9.59 Å². The van der Waals surface area contributed by atoms with E-state index in [1.807, 2.05) is 0 Å². The molecular weight excluding hydrogens is 373 g/mol. The Balaban J connectivity index is 1.81. The lowest BCUT2D eigenvalue weighted by atomic mass is 10.3. The lowest BCUT2D eigenvalue weighted by Gasteiger charge is -2.13. The predicted octanol–water partition coefficient (Wildman–Crippen LogP) is 0.999. The van der Waals surface area contributed by atoms with Gasteiger partial charge in [-0.1, -0.05) is 17.3 Å². The van der Waals surface area contributed by atoms with E-state index in [1.165, 1.54) is 30.5 Å². The molecule has 27 heavy (non-hydrogen) atoms. The number of amides is 1. The molecule has 0 spiro atoms. The number of hydrogen-bond acceptors (Lipinski definition) is 6. The topological polar surface area (TPSA) is 116 Å². The van der Waals surface area contributed by atoms with E-state index in [9.17, 15) is 22.8 Å². The van der Waals surface area contributed by atoms with Crippen molar-refractivity contribution >= 4 is 11.9 Å². The van der Waals surface area contributed by atoms with E-state index in [2.05, 4.69) is 20.4 Å². The summed E-state index contributed by atoms with van der Waals surface area (Å²) >= 11 is 0. The molecule has 12 heteroatoms. The minimum absolute atomic E-state index is 0.00990. The van der Waals surface area contributed by atoms with E-state index >= 15 is 0 Å². The molecule has 2 rings (SSSR count). The molecule has 1 aromatic carbocycles. The first-order valence-electron chi connectivity index (χ1n) is 7.52. The summed E-state index contributed by atoms with van der Waals surface area (Å²) in [7, 11) is 0. The van der Waals surface area contributed by atoms with Gasteiger partial charge in [-0.05, 0) is 12.1 Å². The van der Waals surface area contributed by atoms with Crippen LogP contribution >= 0.6 is 0 Å². The number of ether oxygens (including phenoxy) is 2. The average Bonchev–Trinajstić information content (AvgIpc) is 3.03. The third-order valence-corrected chi connectivity index (χ3v) is 2.95. The second-order valence-electron chi connectivity index (χ2n) is 5.22. The minimum Gasteiger partial charge on any atom is -0.480 e. The number of carboxylic acids is 1. The molecule has 0 aliphatic rings. The van der Waals surface area contributed by atoms with Gasteiger partial charge in [0.1, 0.15) is 12.2 Å². The number of carbonyl (C=O) groups excluding carboxylic acids is 1. The summed E-state index contributed by atoms with van der Waals surface area (Å²) in [5, 5.41) is 18.4. The van der Waals surface area contributed by atoms with Crippen LogP contribution in [0.1, 0.15) is 5.69 Å². The fraction of sp³-hybridized carbons (Fsp3) is 0.333. The van der Waals surface area contributed by atoms with Gasteiger partial charge < -0.3 is 19.9 Å². The Morgan fingerprint density at radius 2 is 1.85 bits per heavy atom. The van der Waals surface area contributed by atoms with E-state index in [4.69, 9.17) is 9.84 Å². The lowest BCUT2D eigenvalue weighted by molar-refractivity contribution is -0.153. The van der Waals surface area contributed by atoms with Gasteiger partial charge in [0.05, 0.1) is 12.7 Å². The van der Waals surface area contributed by atoms with E-state index in [1.54, 1.807) is 0 Å². The van der Waals surface area contributed by atoms with Crippen LogP contribution in [0.25, 0.3) is 0 Å². The molecule has 0 unspecified atom stereocenters. The van der Waals surface area contributed by atoms with Crippen molar-refractivity contribution in [2.24, 2.45) is 0 Å². The highest BCUT2D eigenvalue weighted by molar-refractivity contribution is 5.77. The van der Waals surface area contributed by atoms with Gasteiger partial charge in [0.2, 0.25) is 0 Å². The lowest BCUT2D eigenvalue weighted by Crippen LogP contribution is -2.28. The van der Waals surface area contributed by atoms with Crippen LogP contribution in [0.2, 0.25) is 0 Å². The molecule has 1 aromatic heterocycles. The van der Waals surface area contributed by atoms with Crippen LogP contribution in [0.3, 0.4) is 0 Å². The molecule has 2 aromatic rings. The second-order valence-corrected chi connectivity index (χ2v) is 5.22. The quantitative estimate of drug-likeness (QED) is 0.658. The van der Waals surface area contributed by atoms with Gasteiger partial charge in [-0.25, -0.2) is 4.68 Å². The van der Waals surface area contributed by atoms with E-state index in [0.717, 1.165) is 4.68 Å². The van der Waals surface area contributed by atoms with Crippen LogP contribution in [0.15, 0.2) is 30.5 Å². The molecule has 0 saturated carbocycles. The number of carboxylic acid groups (broad SMARTS) is 1. The fourth-order valence-corrected chi connectivity index (χ4v) is 1.87. The Kier molecular flexibility index (Phi) is 6.57. The number of nitrogens with zero attached hydrogens (tertiary/aromatic N) is 3. The molecule has 0 bridgehead atoms. The van der Waals surface area contributed by atoms with Crippen molar-refractivity contribution in [3.8, 4) is 11.5 Å². The highest BCUT2D eigenvalue weighted by Gasteiger charge is 2.29. The number of rotatable bonds is 9. The third-order valence-electron chi connectivity index (χ3n) is 2.95. The third kappa shape index (κ3) is 7.22. The molecule has 0 aliphatic carbocycles. The van der Waals surface area contributed by atoms with Crippen LogP contribution in [0.5, 0.6) is 11.5 Å². The van der Waals surface area contributed by atoms with Gasteiger partial charge in [0.15, 0.2) is 24.7 Å². The number of carbonyl (C=O) groups is 2. The molecule has 146 valence electrons. The highest BCUT2D eigenvalue weighted by Crippen LogP contribution is 2.28. The Labute approximate surface area is 150 Å². The van der Waals surface area contributed by atoms with Crippen LogP contribution in [-0.4, -0.2) is 51.4 Å². The van der Waals surface area contributed by atoms with Crippen molar-refractivity contribution < 1.29 is 37.3 Å². The maximum absolute atomic E-state index is 12.2. The average molecular weight is 388 g/mol. The summed E-state index contributed by atoms with van der Waals surface area (Å²) in [4.78, 5) is 22.3. The van der Waals surface area contributed by atoms with Gasteiger partial charge in [0, 0.05) is 0 Å². The van der Waals surface area contributed by atoms with Crippen molar-refractivity contribution in [1.29, 1.82) is 0 Å². The van der Waals surface area contributed by atoms with Crippen molar-refractivity contribution in [3.05, 3.63) is 36.2 Å². The molecule has 1 heterocycles. The fourth-order valence-electron chi connectivity index (χ4n) is 1.87. The summed E-state index contributed by atoms with van der Waals surface area (Å²) in [5.74, 6) is -1.80. The molecule has 0 fully saturated rings. The number of alkyl halides is 3. The SMILES string of the molecule is O=C(O)Cn1cc(CNC(=O)COc2ccccc2OCC(F)(F)F)nn1. The number of hydrogen-bond donors (Lipinski definition) is 2. The summed E-state index contributed by atoms with van der Waals surface area (Å²) in [6.45, 7) is -2.33. The predicted molar refractivity (Wildman–Crippen MR) is 83.0 cm³/mol. The molecule has 0 aliphatic heterocycles. The van der Waals surface area contributed by atoms with Gasteiger partial charge >= 0.3 is 12.1 Å². The zero-order chi connectivity index (χ0) is 19.9. The number of nitrogens with one attached hydrogen (secondary N) is 1. The molecule has 0 atom stereocenters. The number of aromatic nitrogens is 3. The van der Waals surface area contributed by atoms with E-state index in [-0.39, 0.29) is 24.6 Å². The van der Waals surface area contributed by atoms with E-state index in [0.29, 0.717) is 5.69 Å². The first-order chi connectivity index (χ1) is 12.7. The highest BCUT2D eigenvalue weighted by atomic mass is 19.4. The molecule has 2 N–H and O–H groups in total. The monoisotopic (exact) mass is 388 g/mol. The molecule has 0 saturated heterocycles. The summed E-state index contributed by atoms with van der Waals surface area (Å²) in [6, 6.07) is 5.66. The first kappa shape index (κ1) is 20.0. The van der Waals surface area contributed by atoms with Crippen LogP contribution in [0.4, 0.5) is 13.2 Å². The van der Waals surface area contributed by atoms with Crippen molar-refractivity contribution in [2.75, 3.05) is 13.2 Å². The van der Waals surface area contributed by atoms with Crippen molar-refractivity contribution in [3.63, 3.8) is 0 Å². The first-order valence-corrected chi connectivity index (χ1v) is 7.52. The largest absolute Gasteiger partial charge is 0.480 e. The second kappa shape index (κ2) is 8.87. The van der Waals surface area contributed by atoms with Gasteiger partial charge in [-0.2, -0.15) is 13.2 Å². The molecule has 9 nitrogen and oxygen atoms in total. The van der Waals surface area contributed by atoms with E-state index < -0.39 is 31.3 Å². The maximum atomic E-state index is 12.2. The summed E-state index contributed by atoms with van der Waals surface area (Å²) in [5.41, 5.74) is 0.332. The zero-order valence-corrected chi connectivity index (χ0v) is 13.8. The van der Waals surface area contributed by atoms with Crippen LogP contribution in [0, 0.1) is 0 Å². The normalized spacial score (nSPS) is 11.1. The summed E-state index contributed by atoms with van der Waals surface area (Å²) in [6.07, 6.45) is -3.14. The van der Waals surface area contributed by atoms with Gasteiger partial charge in [-0.15, -0.1) is 5.10 Å². The Hall–Kier alpha value is -3.31. The van der Waals surface area contributed by atoms with Crippen LogP contribution in [-0.2, 0) is 22.7 Å².